The Kier molecular flexibility index (Phi) is 2.36. The molecule has 1 aliphatic rings. The minimum absolute atomic E-state index is 0.269. The van der Waals surface area contributed by atoms with E-state index in [0.29, 0.717) is 5.03 Å². The number of dihydropyridines is 1. The van der Waals surface area contributed by atoms with E-state index in [-0.39, 0.29) is 5.70 Å². The molecule has 0 aromatic carbocycles. The minimum atomic E-state index is 0.269. The van der Waals surface area contributed by atoms with Crippen LogP contribution in [-0.4, -0.2) is 13.0 Å². The van der Waals surface area contributed by atoms with Gasteiger partial charge in [-0.05, 0) is 6.08 Å². The summed E-state index contributed by atoms with van der Waals surface area (Å²) in [6.07, 6.45) is 3.30. The lowest BCUT2D eigenvalue weighted by Gasteiger charge is -2.10. The summed E-state index contributed by atoms with van der Waals surface area (Å²) in [4.78, 5) is 10.2. The topological polar surface area (TPSA) is 41.1 Å². The fourth-order valence-corrected chi connectivity index (χ4v) is 0.902. The molecule has 0 spiro atoms. The van der Waals surface area contributed by atoms with Crippen LogP contribution in [0.1, 0.15) is 0 Å². The zero-order chi connectivity index (χ0) is 8.27. The Bertz CT molecular complexity index is 274. The second-order valence-electron chi connectivity index (χ2n) is 1.96. The fourth-order valence-electron chi connectivity index (χ4n) is 0.692. The van der Waals surface area contributed by atoms with Gasteiger partial charge in [0.2, 0.25) is 0 Å². The van der Waals surface area contributed by atoms with E-state index < -0.39 is 0 Å². The average Bonchev–Trinajstić information content (AvgIpc) is 2.04. The summed E-state index contributed by atoms with van der Waals surface area (Å²) in [6, 6.07) is 0. The van der Waals surface area contributed by atoms with Gasteiger partial charge in [0.25, 0.3) is 0 Å². The van der Waals surface area contributed by atoms with E-state index in [1.54, 1.807) is 25.3 Å². The summed E-state index contributed by atoms with van der Waals surface area (Å²) < 4.78 is 0. The molecule has 0 atom stereocenters. The molecule has 11 heavy (non-hydrogen) atoms. The zero-order valence-corrected chi connectivity index (χ0v) is 6.70. The molecule has 0 amide bonds. The van der Waals surface area contributed by atoms with Crippen molar-refractivity contribution in [1.82, 2.24) is 10.6 Å². The lowest BCUT2D eigenvalue weighted by molar-refractivity contribution is 0.566. The Balaban J connectivity index is 2.90. The fraction of sp³-hybridized carbons (Fsp3) is 0.143. The molecule has 0 saturated carbocycles. The van der Waals surface area contributed by atoms with Crippen molar-refractivity contribution in [3.8, 4) is 0 Å². The van der Waals surface area contributed by atoms with E-state index >= 15 is 0 Å². The third kappa shape index (κ3) is 1.64. The summed E-state index contributed by atoms with van der Waals surface area (Å²) in [5, 5.41) is 5.93. The van der Waals surface area contributed by atoms with Crippen LogP contribution >= 0.6 is 11.6 Å². The number of hydrogen-bond acceptors (Lipinski definition) is 3. The Morgan fingerprint density at radius 1 is 1.73 bits per heavy atom. The zero-order valence-electron chi connectivity index (χ0n) is 5.94. The molecule has 0 radical (unpaired) electrons. The number of allylic oxidation sites excluding steroid dienone is 2. The quantitative estimate of drug-likeness (QED) is 0.563. The van der Waals surface area contributed by atoms with Crippen LogP contribution in [-0.2, 0) is 4.79 Å². The molecule has 1 rings (SSSR count). The number of halogens is 1. The average molecular weight is 171 g/mol. The molecule has 4 heteroatoms. The molecule has 0 fully saturated rings. The van der Waals surface area contributed by atoms with E-state index in [1.807, 2.05) is 0 Å². The van der Waals surface area contributed by atoms with Crippen molar-refractivity contribution in [1.29, 1.82) is 0 Å². The molecule has 0 unspecified atom stereocenters. The molecule has 2 N–H and O–H groups in total. The highest BCUT2D eigenvalue weighted by Crippen LogP contribution is 2.15. The van der Waals surface area contributed by atoms with E-state index in [0.717, 1.165) is 5.70 Å². The van der Waals surface area contributed by atoms with Crippen LogP contribution in [0.4, 0.5) is 0 Å². The third-order valence-electron chi connectivity index (χ3n) is 1.28. The molecule has 3 nitrogen and oxygen atoms in total. The summed E-state index contributed by atoms with van der Waals surface area (Å²) in [5.41, 5.74) is 1.10. The maximum absolute atomic E-state index is 10.2. The standard InChI is InChI=1S/C7H7ClN2O/c1-9-5-2-6(8)7(4-11)10-3-5/h2-3,9-10H,1H3. The van der Waals surface area contributed by atoms with Crippen molar-refractivity contribution in [3.63, 3.8) is 0 Å². The van der Waals surface area contributed by atoms with Crippen molar-refractivity contribution < 1.29 is 4.79 Å². The van der Waals surface area contributed by atoms with Gasteiger partial charge < -0.3 is 10.6 Å². The minimum Gasteiger partial charge on any atom is -0.387 e. The van der Waals surface area contributed by atoms with Gasteiger partial charge in [-0.25, -0.2) is 4.79 Å². The Morgan fingerprint density at radius 2 is 2.45 bits per heavy atom. The van der Waals surface area contributed by atoms with Gasteiger partial charge in [0, 0.05) is 13.2 Å². The Labute approximate surface area is 69.4 Å². The first-order valence-corrected chi connectivity index (χ1v) is 3.43. The van der Waals surface area contributed by atoms with Gasteiger partial charge in [0.15, 0.2) is 5.94 Å². The lowest BCUT2D eigenvalue weighted by Crippen LogP contribution is -2.16. The Morgan fingerprint density at radius 3 is 2.91 bits per heavy atom. The summed E-state index contributed by atoms with van der Waals surface area (Å²) in [5.74, 6) is 1.68. The predicted molar refractivity (Wildman–Crippen MR) is 43.4 cm³/mol. The van der Waals surface area contributed by atoms with E-state index in [1.165, 1.54) is 0 Å². The molecular weight excluding hydrogens is 164 g/mol. The van der Waals surface area contributed by atoms with Gasteiger partial charge in [-0.1, -0.05) is 11.6 Å². The lowest BCUT2D eigenvalue weighted by atomic mass is 10.3. The van der Waals surface area contributed by atoms with Crippen LogP contribution in [0.5, 0.6) is 0 Å². The maximum Gasteiger partial charge on any atom is 0.152 e. The first-order chi connectivity index (χ1) is 5.27. The van der Waals surface area contributed by atoms with Gasteiger partial charge in [-0.3, -0.25) is 0 Å². The van der Waals surface area contributed by atoms with Gasteiger partial charge in [-0.15, -0.1) is 0 Å². The summed E-state index contributed by atoms with van der Waals surface area (Å²) in [6.45, 7) is 0. The van der Waals surface area contributed by atoms with Gasteiger partial charge in [0.05, 0.1) is 10.7 Å². The summed E-state index contributed by atoms with van der Waals surface area (Å²) in [7, 11) is 1.77. The van der Waals surface area contributed by atoms with Gasteiger partial charge >= 0.3 is 0 Å². The normalized spacial score (nSPS) is 16.0. The summed E-state index contributed by atoms with van der Waals surface area (Å²) >= 11 is 5.67. The molecule has 0 aromatic heterocycles. The van der Waals surface area contributed by atoms with Crippen LogP contribution in [0.3, 0.4) is 0 Å². The molecular formula is C7H7ClN2O. The number of carbonyl (C=O) groups excluding carboxylic acids is 1. The van der Waals surface area contributed by atoms with Crippen LogP contribution in [0.15, 0.2) is 28.7 Å². The molecule has 1 heterocycles. The Hall–Kier alpha value is -1.18. The highest BCUT2D eigenvalue weighted by molar-refractivity contribution is 6.33. The van der Waals surface area contributed by atoms with Crippen LogP contribution in [0, 0.1) is 0 Å². The van der Waals surface area contributed by atoms with Crippen LogP contribution in [0.25, 0.3) is 0 Å². The largest absolute Gasteiger partial charge is 0.387 e. The smallest absolute Gasteiger partial charge is 0.152 e. The molecule has 0 aromatic rings. The van der Waals surface area contributed by atoms with Crippen molar-refractivity contribution >= 4 is 17.5 Å². The molecule has 0 bridgehead atoms. The highest BCUT2D eigenvalue weighted by atomic mass is 35.5. The molecule has 0 saturated heterocycles. The second kappa shape index (κ2) is 3.28. The van der Waals surface area contributed by atoms with Gasteiger partial charge in [-0.2, -0.15) is 0 Å². The number of nitrogens with one attached hydrogen (secondary N) is 2. The SMILES string of the molecule is CNC1=CNC(=C=O)C(Cl)=C1. The van der Waals surface area contributed by atoms with E-state index in [4.69, 9.17) is 11.6 Å². The third-order valence-corrected chi connectivity index (χ3v) is 1.58. The number of likely N-dealkylation sites (N-methyl/N-ethyl adjacent to an activating group) is 1. The predicted octanol–water partition coefficient (Wildman–Crippen LogP) is 0.489. The van der Waals surface area contributed by atoms with Crippen molar-refractivity contribution in [2.75, 3.05) is 7.05 Å². The first-order valence-electron chi connectivity index (χ1n) is 3.05. The van der Waals surface area contributed by atoms with Crippen molar-refractivity contribution in [2.45, 2.75) is 0 Å². The molecule has 1 aliphatic heterocycles. The number of hydrogen-bond donors (Lipinski definition) is 2. The first kappa shape index (κ1) is 7.92. The van der Waals surface area contributed by atoms with Crippen molar-refractivity contribution in [3.05, 3.63) is 28.7 Å². The molecule has 58 valence electrons. The highest BCUT2D eigenvalue weighted by Gasteiger charge is 2.07. The van der Waals surface area contributed by atoms with Gasteiger partial charge in [0.1, 0.15) is 5.70 Å². The van der Waals surface area contributed by atoms with Crippen molar-refractivity contribution in [2.24, 2.45) is 0 Å². The van der Waals surface area contributed by atoms with E-state index in [9.17, 15) is 4.79 Å². The number of rotatable bonds is 1. The monoisotopic (exact) mass is 170 g/mol. The second-order valence-corrected chi connectivity index (χ2v) is 2.37. The maximum atomic E-state index is 10.2. The van der Waals surface area contributed by atoms with E-state index in [2.05, 4.69) is 10.6 Å². The van der Waals surface area contributed by atoms with Crippen LogP contribution in [0.2, 0.25) is 0 Å². The van der Waals surface area contributed by atoms with Crippen LogP contribution < -0.4 is 10.6 Å². The molecule has 0 aliphatic carbocycles.